The zero-order valence-electron chi connectivity index (χ0n) is 12.4. The molecule has 1 aliphatic heterocycles. The van der Waals surface area contributed by atoms with Gasteiger partial charge in [-0.1, -0.05) is 29.8 Å². The van der Waals surface area contributed by atoms with Gasteiger partial charge in [0.05, 0.1) is 0 Å². The molecule has 0 fully saturated rings. The molecule has 1 aromatic rings. The number of nitrogens with one attached hydrogen (secondary N) is 2. The molecule has 2 N–H and O–H groups in total. The van der Waals surface area contributed by atoms with E-state index in [0.29, 0.717) is 0 Å². The van der Waals surface area contributed by atoms with E-state index in [1.165, 1.54) is 61.8 Å². The van der Waals surface area contributed by atoms with Gasteiger partial charge in [0, 0.05) is 18.8 Å². The minimum absolute atomic E-state index is 0.990. The molecule has 108 valence electrons. The lowest BCUT2D eigenvalue weighted by Gasteiger charge is -2.21. The number of fused-ring (bicyclic) bond motifs is 1. The summed E-state index contributed by atoms with van der Waals surface area (Å²) in [4.78, 5) is 0. The van der Waals surface area contributed by atoms with Crippen LogP contribution in [0.5, 0.6) is 0 Å². The fraction of sp³-hybridized carbons (Fsp3) is 0.556. The first-order valence-corrected chi connectivity index (χ1v) is 8.17. The van der Waals surface area contributed by atoms with Crippen LogP contribution < -0.4 is 10.6 Å². The highest BCUT2D eigenvalue weighted by atomic mass is 14.9. The summed E-state index contributed by atoms with van der Waals surface area (Å²) in [6, 6.07) is 6.72. The molecule has 2 nitrogen and oxygen atoms in total. The maximum atomic E-state index is 3.62. The first-order valence-electron chi connectivity index (χ1n) is 8.17. The minimum atomic E-state index is 0.990. The molecule has 0 saturated carbocycles. The average molecular weight is 270 g/mol. The van der Waals surface area contributed by atoms with Gasteiger partial charge in [-0.2, -0.15) is 0 Å². The van der Waals surface area contributed by atoms with Crippen molar-refractivity contribution in [2.45, 2.75) is 51.5 Å². The highest BCUT2D eigenvalue weighted by molar-refractivity contribution is 5.59. The van der Waals surface area contributed by atoms with Crippen LogP contribution in [-0.4, -0.2) is 13.1 Å². The van der Waals surface area contributed by atoms with Crippen molar-refractivity contribution in [3.05, 3.63) is 41.0 Å². The molecular formula is C18H26N2. The van der Waals surface area contributed by atoms with E-state index in [-0.39, 0.29) is 0 Å². The topological polar surface area (TPSA) is 24.1 Å². The van der Waals surface area contributed by atoms with Crippen LogP contribution in [-0.2, 0) is 13.0 Å². The highest BCUT2D eigenvalue weighted by Crippen LogP contribution is 2.26. The standard InChI is InChI=1S/C18H26N2/c1-2-6-15(7-3-1)11-13-19-14-17-9-4-8-16-10-5-12-20-18(16)17/h4,6,8-9,19-20H,1-3,5,7,10-14H2. The summed E-state index contributed by atoms with van der Waals surface area (Å²) < 4.78 is 0. The van der Waals surface area contributed by atoms with Crippen LogP contribution in [0, 0.1) is 0 Å². The molecule has 0 radical (unpaired) electrons. The molecule has 2 aliphatic rings. The van der Waals surface area contributed by atoms with Gasteiger partial charge in [-0.15, -0.1) is 0 Å². The predicted octanol–water partition coefficient (Wildman–Crippen LogP) is 4.02. The molecule has 3 rings (SSSR count). The molecule has 1 heterocycles. The van der Waals surface area contributed by atoms with Gasteiger partial charge in [-0.3, -0.25) is 0 Å². The Balaban J connectivity index is 1.50. The van der Waals surface area contributed by atoms with Crippen molar-refractivity contribution in [3.63, 3.8) is 0 Å². The molecule has 0 amide bonds. The van der Waals surface area contributed by atoms with Crippen molar-refractivity contribution in [1.82, 2.24) is 5.32 Å². The second-order valence-electron chi connectivity index (χ2n) is 6.02. The van der Waals surface area contributed by atoms with Gasteiger partial charge < -0.3 is 10.6 Å². The molecule has 1 aromatic carbocycles. The van der Waals surface area contributed by atoms with E-state index in [4.69, 9.17) is 0 Å². The Kier molecular flexibility index (Phi) is 4.75. The van der Waals surface area contributed by atoms with E-state index in [9.17, 15) is 0 Å². The minimum Gasteiger partial charge on any atom is -0.385 e. The van der Waals surface area contributed by atoms with Crippen molar-refractivity contribution >= 4 is 5.69 Å². The number of hydrogen-bond donors (Lipinski definition) is 2. The SMILES string of the molecule is C1=C(CCNCc2cccc3c2NCCC3)CCCC1. The number of allylic oxidation sites excluding steroid dienone is 1. The summed E-state index contributed by atoms with van der Waals surface area (Å²) in [6.07, 6.45) is 11.6. The third-order valence-electron chi connectivity index (χ3n) is 4.49. The maximum Gasteiger partial charge on any atom is 0.0418 e. The number of benzene rings is 1. The molecule has 0 bridgehead atoms. The Morgan fingerprint density at radius 2 is 2.10 bits per heavy atom. The molecule has 0 aromatic heterocycles. The van der Waals surface area contributed by atoms with Gasteiger partial charge in [0.25, 0.3) is 0 Å². The fourth-order valence-electron chi connectivity index (χ4n) is 3.33. The normalized spacial score (nSPS) is 18.1. The summed E-state index contributed by atoms with van der Waals surface area (Å²) in [6.45, 7) is 3.22. The van der Waals surface area contributed by atoms with Gasteiger partial charge in [0.1, 0.15) is 0 Å². The van der Waals surface area contributed by atoms with Crippen LogP contribution in [0.25, 0.3) is 0 Å². The Labute approximate surface area is 122 Å². The molecule has 20 heavy (non-hydrogen) atoms. The monoisotopic (exact) mass is 270 g/mol. The lowest BCUT2D eigenvalue weighted by Crippen LogP contribution is -2.19. The number of para-hydroxylation sites is 1. The molecule has 1 aliphatic carbocycles. The summed E-state index contributed by atoms with van der Waals surface area (Å²) in [5, 5.41) is 7.19. The molecule has 0 unspecified atom stereocenters. The zero-order chi connectivity index (χ0) is 13.6. The Hall–Kier alpha value is -1.28. The molecule has 0 saturated heterocycles. The molecule has 2 heteroatoms. The third-order valence-corrected chi connectivity index (χ3v) is 4.49. The summed E-state index contributed by atoms with van der Waals surface area (Å²) in [5.41, 5.74) is 5.98. The second kappa shape index (κ2) is 6.94. The van der Waals surface area contributed by atoms with Crippen LogP contribution in [0.2, 0.25) is 0 Å². The summed E-state index contributed by atoms with van der Waals surface area (Å²) in [7, 11) is 0. The van der Waals surface area contributed by atoms with E-state index in [0.717, 1.165) is 19.6 Å². The number of hydrogen-bond acceptors (Lipinski definition) is 2. The van der Waals surface area contributed by atoms with Gasteiger partial charge in [-0.05, 0) is 62.6 Å². The van der Waals surface area contributed by atoms with Crippen molar-refractivity contribution < 1.29 is 0 Å². The Bertz CT molecular complexity index is 476. The van der Waals surface area contributed by atoms with E-state index >= 15 is 0 Å². The number of aryl methyl sites for hydroxylation is 1. The first kappa shape index (κ1) is 13.7. The third kappa shape index (κ3) is 3.43. The van der Waals surface area contributed by atoms with Gasteiger partial charge in [-0.25, -0.2) is 0 Å². The quantitative estimate of drug-likeness (QED) is 0.623. The summed E-state index contributed by atoms with van der Waals surface area (Å²) in [5.74, 6) is 0. The molecule has 0 spiro atoms. The number of anilines is 1. The lowest BCUT2D eigenvalue weighted by molar-refractivity contribution is 0.632. The van der Waals surface area contributed by atoms with Gasteiger partial charge >= 0.3 is 0 Å². The van der Waals surface area contributed by atoms with Crippen molar-refractivity contribution in [2.75, 3.05) is 18.4 Å². The molecule has 0 atom stereocenters. The van der Waals surface area contributed by atoms with Crippen LogP contribution in [0.15, 0.2) is 29.8 Å². The van der Waals surface area contributed by atoms with Crippen LogP contribution in [0.1, 0.15) is 49.7 Å². The van der Waals surface area contributed by atoms with Crippen molar-refractivity contribution in [3.8, 4) is 0 Å². The first-order chi connectivity index (χ1) is 9.93. The molecular weight excluding hydrogens is 244 g/mol. The average Bonchev–Trinajstić information content (AvgIpc) is 2.53. The largest absolute Gasteiger partial charge is 0.385 e. The maximum absolute atomic E-state index is 3.62. The van der Waals surface area contributed by atoms with E-state index in [1.807, 2.05) is 0 Å². The Morgan fingerprint density at radius 3 is 3.00 bits per heavy atom. The zero-order valence-corrected chi connectivity index (χ0v) is 12.4. The van der Waals surface area contributed by atoms with Crippen LogP contribution >= 0.6 is 0 Å². The van der Waals surface area contributed by atoms with E-state index in [1.54, 1.807) is 5.57 Å². The van der Waals surface area contributed by atoms with Crippen molar-refractivity contribution in [1.29, 1.82) is 0 Å². The lowest BCUT2D eigenvalue weighted by atomic mass is 9.97. The fourth-order valence-corrected chi connectivity index (χ4v) is 3.33. The van der Waals surface area contributed by atoms with Crippen LogP contribution in [0.3, 0.4) is 0 Å². The highest BCUT2D eigenvalue weighted by Gasteiger charge is 2.11. The summed E-state index contributed by atoms with van der Waals surface area (Å²) >= 11 is 0. The predicted molar refractivity (Wildman–Crippen MR) is 86.1 cm³/mol. The smallest absolute Gasteiger partial charge is 0.0418 e. The van der Waals surface area contributed by atoms with Crippen LogP contribution in [0.4, 0.5) is 5.69 Å². The van der Waals surface area contributed by atoms with Crippen molar-refractivity contribution in [2.24, 2.45) is 0 Å². The Morgan fingerprint density at radius 1 is 1.10 bits per heavy atom. The number of rotatable bonds is 5. The van der Waals surface area contributed by atoms with E-state index < -0.39 is 0 Å². The second-order valence-corrected chi connectivity index (χ2v) is 6.02. The van der Waals surface area contributed by atoms with E-state index in [2.05, 4.69) is 34.9 Å². The van der Waals surface area contributed by atoms with Gasteiger partial charge in [0.15, 0.2) is 0 Å². The van der Waals surface area contributed by atoms with Gasteiger partial charge in [0.2, 0.25) is 0 Å².